The van der Waals surface area contributed by atoms with E-state index in [2.05, 4.69) is 12.2 Å². The Morgan fingerprint density at radius 2 is 2.40 bits per heavy atom. The van der Waals surface area contributed by atoms with Crippen LogP contribution in [0.1, 0.15) is 41.4 Å². The molecule has 82 valence electrons. The van der Waals surface area contributed by atoms with Crippen molar-refractivity contribution in [3.05, 3.63) is 21.9 Å². The largest absolute Gasteiger partial charge is 0.351 e. The number of thiophene rings is 1. The summed E-state index contributed by atoms with van der Waals surface area (Å²) in [5, 5.41) is 5.03. The van der Waals surface area contributed by atoms with E-state index in [1.54, 1.807) is 11.3 Å². The molecular formula is C12H17NOS. The van der Waals surface area contributed by atoms with E-state index in [4.69, 9.17) is 0 Å². The van der Waals surface area contributed by atoms with E-state index in [1.807, 2.05) is 11.4 Å². The number of hydrogen-bond donors (Lipinski definition) is 1. The first kappa shape index (κ1) is 10.7. The summed E-state index contributed by atoms with van der Waals surface area (Å²) >= 11 is 1.55. The predicted octanol–water partition coefficient (Wildman–Crippen LogP) is 2.84. The molecule has 2 nitrogen and oxygen atoms in total. The van der Waals surface area contributed by atoms with E-state index in [-0.39, 0.29) is 5.91 Å². The van der Waals surface area contributed by atoms with Crippen molar-refractivity contribution < 1.29 is 4.79 Å². The molecule has 1 amide bonds. The molecule has 2 rings (SSSR count). The first-order valence-corrected chi connectivity index (χ1v) is 6.53. The normalized spacial score (nSPS) is 16.1. The van der Waals surface area contributed by atoms with Gasteiger partial charge in [-0.1, -0.05) is 13.3 Å². The molecule has 0 atom stereocenters. The fourth-order valence-corrected chi connectivity index (χ4v) is 2.74. The van der Waals surface area contributed by atoms with E-state index >= 15 is 0 Å². The first-order chi connectivity index (χ1) is 7.31. The van der Waals surface area contributed by atoms with Gasteiger partial charge in [0, 0.05) is 6.54 Å². The van der Waals surface area contributed by atoms with Crippen LogP contribution in [0.4, 0.5) is 0 Å². The van der Waals surface area contributed by atoms with Gasteiger partial charge in [0.2, 0.25) is 0 Å². The SMILES string of the molecule is CCc1ccsc1C(=O)NCC1CCC1. The highest BCUT2D eigenvalue weighted by molar-refractivity contribution is 7.12. The molecule has 0 aliphatic heterocycles. The summed E-state index contributed by atoms with van der Waals surface area (Å²) in [7, 11) is 0. The van der Waals surface area contributed by atoms with Gasteiger partial charge in [0.15, 0.2) is 0 Å². The van der Waals surface area contributed by atoms with Gasteiger partial charge in [0.05, 0.1) is 4.88 Å². The maximum Gasteiger partial charge on any atom is 0.261 e. The van der Waals surface area contributed by atoms with Gasteiger partial charge in [-0.2, -0.15) is 0 Å². The summed E-state index contributed by atoms with van der Waals surface area (Å²) in [5.41, 5.74) is 1.17. The maximum absolute atomic E-state index is 11.8. The van der Waals surface area contributed by atoms with Gasteiger partial charge in [-0.15, -0.1) is 11.3 Å². The molecular weight excluding hydrogens is 206 g/mol. The molecule has 1 aliphatic rings. The Bertz CT molecular complexity index is 341. The van der Waals surface area contributed by atoms with Gasteiger partial charge in [0.1, 0.15) is 0 Å². The second-order valence-corrected chi connectivity index (χ2v) is 5.05. The predicted molar refractivity (Wildman–Crippen MR) is 63.4 cm³/mol. The third-order valence-corrected chi connectivity index (χ3v) is 4.07. The maximum atomic E-state index is 11.8. The lowest BCUT2D eigenvalue weighted by Crippen LogP contribution is -2.32. The average Bonchev–Trinajstić information content (AvgIpc) is 2.62. The minimum Gasteiger partial charge on any atom is -0.351 e. The number of aryl methyl sites for hydroxylation is 1. The lowest BCUT2D eigenvalue weighted by molar-refractivity contribution is 0.0942. The number of hydrogen-bond acceptors (Lipinski definition) is 2. The van der Waals surface area contributed by atoms with Crippen LogP contribution in [0.3, 0.4) is 0 Å². The Kier molecular flexibility index (Phi) is 3.41. The number of carbonyl (C=O) groups is 1. The Hall–Kier alpha value is -0.830. The molecule has 0 unspecified atom stereocenters. The molecule has 0 bridgehead atoms. The molecule has 1 aromatic rings. The molecule has 0 spiro atoms. The summed E-state index contributed by atoms with van der Waals surface area (Å²) in [6.45, 7) is 2.95. The smallest absolute Gasteiger partial charge is 0.261 e. The van der Waals surface area contributed by atoms with Crippen LogP contribution in [0.25, 0.3) is 0 Å². The number of carbonyl (C=O) groups excluding carboxylic acids is 1. The van der Waals surface area contributed by atoms with Crippen molar-refractivity contribution in [1.29, 1.82) is 0 Å². The zero-order chi connectivity index (χ0) is 10.7. The third kappa shape index (κ3) is 2.40. The van der Waals surface area contributed by atoms with E-state index < -0.39 is 0 Å². The zero-order valence-corrected chi connectivity index (χ0v) is 9.90. The number of amides is 1. The quantitative estimate of drug-likeness (QED) is 0.835. The lowest BCUT2D eigenvalue weighted by atomic mass is 9.85. The van der Waals surface area contributed by atoms with Crippen molar-refractivity contribution in [2.24, 2.45) is 5.92 Å². The second-order valence-electron chi connectivity index (χ2n) is 4.14. The van der Waals surface area contributed by atoms with Crippen molar-refractivity contribution in [2.45, 2.75) is 32.6 Å². The van der Waals surface area contributed by atoms with Crippen LogP contribution in [-0.4, -0.2) is 12.5 Å². The minimum atomic E-state index is 0.119. The molecule has 0 radical (unpaired) electrons. The van der Waals surface area contributed by atoms with Crippen LogP contribution in [-0.2, 0) is 6.42 Å². The van der Waals surface area contributed by atoms with E-state index in [0.717, 1.165) is 23.8 Å². The molecule has 0 saturated heterocycles. The van der Waals surface area contributed by atoms with E-state index in [0.29, 0.717) is 0 Å². The van der Waals surface area contributed by atoms with Crippen LogP contribution in [0.5, 0.6) is 0 Å². The van der Waals surface area contributed by atoms with Crippen molar-refractivity contribution in [3.63, 3.8) is 0 Å². The van der Waals surface area contributed by atoms with Crippen LogP contribution in [0.2, 0.25) is 0 Å². The summed E-state index contributed by atoms with van der Waals surface area (Å²) < 4.78 is 0. The summed E-state index contributed by atoms with van der Waals surface area (Å²) in [4.78, 5) is 12.7. The second kappa shape index (κ2) is 4.79. The van der Waals surface area contributed by atoms with E-state index in [9.17, 15) is 4.79 Å². The Morgan fingerprint density at radius 3 is 3.00 bits per heavy atom. The lowest BCUT2D eigenvalue weighted by Gasteiger charge is -2.25. The van der Waals surface area contributed by atoms with Gasteiger partial charge in [-0.25, -0.2) is 0 Å². The van der Waals surface area contributed by atoms with Crippen LogP contribution < -0.4 is 5.32 Å². The van der Waals surface area contributed by atoms with Crippen molar-refractivity contribution >= 4 is 17.2 Å². The van der Waals surface area contributed by atoms with Crippen LogP contribution in [0, 0.1) is 5.92 Å². The highest BCUT2D eigenvalue weighted by Gasteiger charge is 2.19. The Morgan fingerprint density at radius 1 is 1.60 bits per heavy atom. The van der Waals surface area contributed by atoms with Crippen molar-refractivity contribution in [2.75, 3.05) is 6.54 Å². The van der Waals surface area contributed by atoms with E-state index in [1.165, 1.54) is 24.8 Å². The highest BCUT2D eigenvalue weighted by atomic mass is 32.1. The minimum absolute atomic E-state index is 0.119. The summed E-state index contributed by atoms with van der Waals surface area (Å²) in [6.07, 6.45) is 4.84. The van der Waals surface area contributed by atoms with Gasteiger partial charge >= 0.3 is 0 Å². The molecule has 15 heavy (non-hydrogen) atoms. The van der Waals surface area contributed by atoms with Crippen molar-refractivity contribution in [1.82, 2.24) is 5.32 Å². The van der Waals surface area contributed by atoms with Gasteiger partial charge in [0.25, 0.3) is 5.91 Å². The van der Waals surface area contributed by atoms with Crippen molar-refractivity contribution in [3.8, 4) is 0 Å². The molecule has 1 heterocycles. The number of rotatable bonds is 4. The van der Waals surface area contributed by atoms with Gasteiger partial charge in [-0.3, -0.25) is 4.79 Å². The monoisotopic (exact) mass is 223 g/mol. The molecule has 1 N–H and O–H groups in total. The third-order valence-electron chi connectivity index (χ3n) is 3.11. The fourth-order valence-electron chi connectivity index (χ4n) is 1.83. The molecule has 1 fully saturated rings. The molecule has 1 saturated carbocycles. The highest BCUT2D eigenvalue weighted by Crippen LogP contribution is 2.25. The number of nitrogens with one attached hydrogen (secondary N) is 1. The Labute approximate surface area is 94.7 Å². The Balaban J connectivity index is 1.89. The van der Waals surface area contributed by atoms with Gasteiger partial charge in [-0.05, 0) is 42.2 Å². The molecule has 0 aromatic carbocycles. The summed E-state index contributed by atoms with van der Waals surface area (Å²) in [6, 6.07) is 2.04. The molecule has 1 aliphatic carbocycles. The van der Waals surface area contributed by atoms with Gasteiger partial charge < -0.3 is 5.32 Å². The molecule has 1 aromatic heterocycles. The zero-order valence-electron chi connectivity index (χ0n) is 9.08. The average molecular weight is 223 g/mol. The summed E-state index contributed by atoms with van der Waals surface area (Å²) in [5.74, 6) is 0.854. The molecule has 3 heteroatoms. The van der Waals surface area contributed by atoms with Crippen LogP contribution in [0.15, 0.2) is 11.4 Å². The fraction of sp³-hybridized carbons (Fsp3) is 0.583. The first-order valence-electron chi connectivity index (χ1n) is 5.65. The standard InChI is InChI=1S/C12H17NOS/c1-2-10-6-7-15-11(10)12(14)13-8-9-4-3-5-9/h6-7,9H,2-5,8H2,1H3,(H,13,14). The van der Waals surface area contributed by atoms with Crippen LogP contribution >= 0.6 is 11.3 Å². The topological polar surface area (TPSA) is 29.1 Å².